The Kier molecular flexibility index (Phi) is 6.68. The second-order valence-corrected chi connectivity index (χ2v) is 2.74. The van der Waals surface area contributed by atoms with Gasteiger partial charge in [0.25, 0.3) is 0 Å². The van der Waals surface area contributed by atoms with Crippen molar-refractivity contribution >= 4 is 0 Å². The van der Waals surface area contributed by atoms with E-state index in [9.17, 15) is 0 Å². The lowest BCUT2D eigenvalue weighted by atomic mass is 10.0. The summed E-state index contributed by atoms with van der Waals surface area (Å²) in [6.07, 6.45) is 9.39. The fraction of sp³-hybridized carbons (Fsp3) is 0.700. The third-order valence-corrected chi connectivity index (χ3v) is 1.57. The standard InChI is InChI=1S/C10H19/c1-4-6-8-10(3)9-7-5-2/h6,8,10H,3-5,7,9H2,1-2H3. The first kappa shape index (κ1) is 9.74. The first-order chi connectivity index (χ1) is 4.81. The molecule has 0 aliphatic rings. The summed E-state index contributed by atoms with van der Waals surface area (Å²) in [5.74, 6) is 0.542. The van der Waals surface area contributed by atoms with Crippen molar-refractivity contribution in [2.24, 2.45) is 5.92 Å². The molecule has 0 nitrogen and oxygen atoms in total. The number of unbranched alkanes of at least 4 members (excludes halogenated alkanes) is 1. The molecular formula is C10H19. The molecule has 0 saturated carbocycles. The zero-order chi connectivity index (χ0) is 7.82. The highest BCUT2D eigenvalue weighted by Gasteiger charge is 1.93. The van der Waals surface area contributed by atoms with Crippen molar-refractivity contribution in [2.45, 2.75) is 39.5 Å². The monoisotopic (exact) mass is 139 g/mol. The topological polar surface area (TPSA) is 0 Å². The molecule has 1 unspecified atom stereocenters. The minimum Gasteiger partial charge on any atom is -0.0885 e. The maximum atomic E-state index is 4.03. The van der Waals surface area contributed by atoms with E-state index in [0.717, 1.165) is 6.42 Å². The van der Waals surface area contributed by atoms with Gasteiger partial charge in [0.15, 0.2) is 0 Å². The van der Waals surface area contributed by atoms with E-state index >= 15 is 0 Å². The lowest BCUT2D eigenvalue weighted by Gasteiger charge is -2.02. The van der Waals surface area contributed by atoms with Crippen molar-refractivity contribution in [2.75, 3.05) is 0 Å². The van der Waals surface area contributed by atoms with Gasteiger partial charge in [0, 0.05) is 0 Å². The van der Waals surface area contributed by atoms with Crippen molar-refractivity contribution < 1.29 is 0 Å². The van der Waals surface area contributed by atoms with Gasteiger partial charge >= 0.3 is 0 Å². The molecule has 0 heteroatoms. The van der Waals surface area contributed by atoms with Crippen LogP contribution in [0.5, 0.6) is 0 Å². The maximum Gasteiger partial charge on any atom is -0.0233 e. The van der Waals surface area contributed by atoms with Gasteiger partial charge in [0.05, 0.1) is 0 Å². The first-order valence-corrected chi connectivity index (χ1v) is 4.31. The van der Waals surface area contributed by atoms with E-state index < -0.39 is 0 Å². The quantitative estimate of drug-likeness (QED) is 0.510. The zero-order valence-electron chi connectivity index (χ0n) is 7.27. The number of hydrogen-bond donors (Lipinski definition) is 0. The van der Waals surface area contributed by atoms with E-state index in [4.69, 9.17) is 0 Å². The van der Waals surface area contributed by atoms with Gasteiger partial charge < -0.3 is 0 Å². The fourth-order valence-corrected chi connectivity index (χ4v) is 0.891. The zero-order valence-corrected chi connectivity index (χ0v) is 7.27. The summed E-state index contributed by atoms with van der Waals surface area (Å²) in [6.45, 7) is 8.40. The van der Waals surface area contributed by atoms with Crippen LogP contribution in [-0.2, 0) is 0 Å². The van der Waals surface area contributed by atoms with Gasteiger partial charge in [-0.15, -0.1) is 0 Å². The van der Waals surface area contributed by atoms with Gasteiger partial charge in [0.1, 0.15) is 0 Å². The third kappa shape index (κ3) is 5.87. The molecule has 59 valence electrons. The molecule has 0 heterocycles. The van der Waals surface area contributed by atoms with Crippen LogP contribution >= 0.6 is 0 Å². The molecule has 10 heavy (non-hydrogen) atoms. The van der Waals surface area contributed by atoms with Crippen LogP contribution in [0.25, 0.3) is 0 Å². The Labute approximate surface area is 65.3 Å². The van der Waals surface area contributed by atoms with E-state index in [0.29, 0.717) is 5.92 Å². The Bertz CT molecular complexity index is 82.0. The molecular weight excluding hydrogens is 120 g/mol. The highest BCUT2D eigenvalue weighted by atomic mass is 14.0. The van der Waals surface area contributed by atoms with E-state index in [1.54, 1.807) is 0 Å². The maximum absolute atomic E-state index is 4.03. The molecule has 0 aromatic heterocycles. The van der Waals surface area contributed by atoms with E-state index in [2.05, 4.69) is 32.9 Å². The van der Waals surface area contributed by atoms with Crippen LogP contribution in [0.4, 0.5) is 0 Å². The summed E-state index contributed by atoms with van der Waals surface area (Å²) in [5, 5.41) is 0. The van der Waals surface area contributed by atoms with Crippen LogP contribution in [-0.4, -0.2) is 0 Å². The smallest absolute Gasteiger partial charge is 0.0233 e. The number of rotatable bonds is 5. The Hall–Kier alpha value is -0.260. The van der Waals surface area contributed by atoms with E-state index in [1.165, 1.54) is 19.3 Å². The van der Waals surface area contributed by atoms with Crippen molar-refractivity contribution in [1.82, 2.24) is 0 Å². The van der Waals surface area contributed by atoms with E-state index in [1.807, 2.05) is 0 Å². The Balaban J connectivity index is 3.24. The Morgan fingerprint density at radius 3 is 2.60 bits per heavy atom. The van der Waals surface area contributed by atoms with Crippen molar-refractivity contribution in [3.63, 3.8) is 0 Å². The van der Waals surface area contributed by atoms with Crippen LogP contribution in [0.15, 0.2) is 12.2 Å². The van der Waals surface area contributed by atoms with Gasteiger partial charge in [-0.2, -0.15) is 0 Å². The molecule has 1 radical (unpaired) electrons. The van der Waals surface area contributed by atoms with Crippen LogP contribution in [0.2, 0.25) is 0 Å². The normalized spacial score (nSPS) is 14.3. The number of hydrogen-bond acceptors (Lipinski definition) is 0. The summed E-state index contributed by atoms with van der Waals surface area (Å²) in [5.41, 5.74) is 0. The third-order valence-electron chi connectivity index (χ3n) is 1.57. The van der Waals surface area contributed by atoms with Gasteiger partial charge in [-0.3, -0.25) is 0 Å². The molecule has 0 bridgehead atoms. The molecule has 0 aromatic rings. The first-order valence-electron chi connectivity index (χ1n) is 4.31. The second-order valence-electron chi connectivity index (χ2n) is 2.74. The Morgan fingerprint density at radius 2 is 2.10 bits per heavy atom. The molecule has 0 rings (SSSR count). The fourth-order valence-electron chi connectivity index (χ4n) is 0.891. The molecule has 0 spiro atoms. The molecule has 0 N–H and O–H groups in total. The molecule has 1 atom stereocenters. The largest absolute Gasteiger partial charge is 0.0885 e. The van der Waals surface area contributed by atoms with E-state index in [-0.39, 0.29) is 0 Å². The second kappa shape index (κ2) is 6.85. The van der Waals surface area contributed by atoms with Gasteiger partial charge in [-0.25, -0.2) is 0 Å². The van der Waals surface area contributed by atoms with Crippen LogP contribution < -0.4 is 0 Å². The van der Waals surface area contributed by atoms with Gasteiger partial charge in [-0.1, -0.05) is 38.8 Å². The summed E-state index contributed by atoms with van der Waals surface area (Å²) in [4.78, 5) is 0. The van der Waals surface area contributed by atoms with Gasteiger partial charge in [-0.05, 0) is 25.7 Å². The van der Waals surface area contributed by atoms with Crippen LogP contribution in [0.3, 0.4) is 0 Å². The molecule has 0 aliphatic heterocycles. The summed E-state index contributed by atoms with van der Waals surface area (Å²) in [7, 11) is 0. The molecule has 0 saturated heterocycles. The van der Waals surface area contributed by atoms with Gasteiger partial charge in [0.2, 0.25) is 0 Å². The summed E-state index contributed by atoms with van der Waals surface area (Å²) < 4.78 is 0. The van der Waals surface area contributed by atoms with Crippen LogP contribution in [0, 0.1) is 12.8 Å². The average Bonchev–Trinajstić information content (AvgIpc) is 1.97. The minimum atomic E-state index is 0.542. The SMILES string of the molecule is [CH2]C(C=CCC)CCCC. The lowest BCUT2D eigenvalue weighted by Crippen LogP contribution is -1.88. The summed E-state index contributed by atoms with van der Waals surface area (Å²) in [6, 6.07) is 0. The van der Waals surface area contributed by atoms with Crippen molar-refractivity contribution in [3.8, 4) is 0 Å². The predicted octanol–water partition coefficient (Wildman–Crippen LogP) is 3.59. The molecule has 0 aliphatic carbocycles. The summed E-state index contributed by atoms with van der Waals surface area (Å²) >= 11 is 0. The molecule has 0 amide bonds. The Morgan fingerprint density at radius 1 is 1.40 bits per heavy atom. The highest BCUT2D eigenvalue weighted by Crippen LogP contribution is 2.08. The predicted molar refractivity (Wildman–Crippen MR) is 47.8 cm³/mol. The van der Waals surface area contributed by atoms with Crippen LogP contribution in [0.1, 0.15) is 39.5 Å². The highest BCUT2D eigenvalue weighted by molar-refractivity contribution is 4.88. The average molecular weight is 139 g/mol. The van der Waals surface area contributed by atoms with Crippen molar-refractivity contribution in [3.05, 3.63) is 19.1 Å². The minimum absolute atomic E-state index is 0.542. The molecule has 0 fully saturated rings. The molecule has 0 aromatic carbocycles. The number of allylic oxidation sites excluding steroid dienone is 2. The van der Waals surface area contributed by atoms with Crippen molar-refractivity contribution in [1.29, 1.82) is 0 Å². The lowest BCUT2D eigenvalue weighted by molar-refractivity contribution is 0.638.